The first-order valence-corrected chi connectivity index (χ1v) is 6.16. The van der Waals surface area contributed by atoms with Gasteiger partial charge >= 0.3 is 0 Å². The van der Waals surface area contributed by atoms with Crippen molar-refractivity contribution in [1.29, 1.82) is 0 Å². The maximum atomic E-state index is 12.7. The number of nitrogens with one attached hydrogen (secondary N) is 2. The highest BCUT2D eigenvalue weighted by molar-refractivity contribution is 5.82. The van der Waals surface area contributed by atoms with E-state index in [0.717, 1.165) is 19.3 Å². The van der Waals surface area contributed by atoms with E-state index in [-0.39, 0.29) is 11.9 Å². The Bertz CT molecular complexity index is 420. The van der Waals surface area contributed by atoms with Crippen molar-refractivity contribution in [1.82, 2.24) is 15.3 Å². The van der Waals surface area contributed by atoms with Crippen molar-refractivity contribution in [3.63, 3.8) is 0 Å². The van der Waals surface area contributed by atoms with Crippen LogP contribution in [0.15, 0.2) is 18.3 Å². The van der Waals surface area contributed by atoms with Gasteiger partial charge in [0.05, 0.1) is 25.5 Å². The number of aromatic nitrogens is 1. The number of hydrogen-bond donors (Lipinski definition) is 2. The number of nitrogens with zero attached hydrogens (tertiary/aromatic N) is 2. The van der Waals surface area contributed by atoms with Crippen molar-refractivity contribution < 1.29 is 13.9 Å². The molecule has 19 heavy (non-hydrogen) atoms. The van der Waals surface area contributed by atoms with Crippen LogP contribution in [0.4, 0.5) is 10.2 Å². The fourth-order valence-electron chi connectivity index (χ4n) is 1.81. The maximum absolute atomic E-state index is 12.7. The van der Waals surface area contributed by atoms with E-state index in [9.17, 15) is 9.18 Å². The molecular formula is C12H17FN4O2. The molecule has 0 aromatic carbocycles. The third-order valence-electron chi connectivity index (χ3n) is 3.01. The molecule has 1 unspecified atom stereocenters. The molecular weight excluding hydrogens is 251 g/mol. The molecule has 1 aliphatic rings. The fraction of sp³-hybridized carbons (Fsp3) is 0.500. The van der Waals surface area contributed by atoms with Crippen molar-refractivity contribution in [2.24, 2.45) is 0 Å². The zero-order chi connectivity index (χ0) is 13.7. The third-order valence-corrected chi connectivity index (χ3v) is 3.01. The Morgan fingerprint density at radius 2 is 2.21 bits per heavy atom. The molecule has 2 rings (SSSR count). The predicted octanol–water partition coefficient (Wildman–Crippen LogP) is 0.384. The summed E-state index contributed by atoms with van der Waals surface area (Å²) in [6, 6.07) is 2.47. The summed E-state index contributed by atoms with van der Waals surface area (Å²) in [6.07, 6.45) is 1.08. The Hall–Kier alpha value is -1.73. The van der Waals surface area contributed by atoms with Crippen LogP contribution in [-0.4, -0.2) is 48.1 Å². The molecule has 7 heteroatoms. The molecule has 104 valence electrons. The molecule has 2 N–H and O–H groups in total. The van der Waals surface area contributed by atoms with Crippen LogP contribution in [0.3, 0.4) is 0 Å². The van der Waals surface area contributed by atoms with Crippen molar-refractivity contribution in [2.75, 3.05) is 31.7 Å². The first kappa shape index (κ1) is 13.7. The minimum absolute atomic E-state index is 0.159. The van der Waals surface area contributed by atoms with E-state index in [1.165, 1.54) is 12.1 Å². The smallest absolute Gasteiger partial charge is 0.255 e. The molecule has 0 radical (unpaired) electrons. The molecule has 6 nitrogen and oxygen atoms in total. The highest BCUT2D eigenvalue weighted by atomic mass is 19.1. The number of pyridine rings is 1. The number of rotatable bonds is 4. The summed E-state index contributed by atoms with van der Waals surface area (Å²) in [5.74, 6) is -0.185. The van der Waals surface area contributed by atoms with Crippen LogP contribution in [-0.2, 0) is 9.53 Å². The van der Waals surface area contributed by atoms with Gasteiger partial charge in [-0.3, -0.25) is 20.5 Å². The van der Waals surface area contributed by atoms with Gasteiger partial charge in [0.2, 0.25) is 0 Å². The molecule has 0 aliphatic carbocycles. The maximum Gasteiger partial charge on any atom is 0.255 e. The average molecular weight is 268 g/mol. The van der Waals surface area contributed by atoms with Crippen LogP contribution < -0.4 is 10.9 Å². The topological polar surface area (TPSA) is 66.5 Å². The minimum atomic E-state index is -0.418. The van der Waals surface area contributed by atoms with Gasteiger partial charge in [-0.15, -0.1) is 0 Å². The van der Waals surface area contributed by atoms with Gasteiger partial charge in [-0.2, -0.15) is 0 Å². The van der Waals surface area contributed by atoms with Crippen LogP contribution in [0.25, 0.3) is 0 Å². The predicted molar refractivity (Wildman–Crippen MR) is 67.8 cm³/mol. The van der Waals surface area contributed by atoms with E-state index in [0.29, 0.717) is 19.0 Å². The first-order chi connectivity index (χ1) is 9.16. The quantitative estimate of drug-likeness (QED) is 0.773. The Kier molecular flexibility index (Phi) is 4.64. The summed E-state index contributed by atoms with van der Waals surface area (Å²) in [5.41, 5.74) is 5.22. The highest BCUT2D eigenvalue weighted by Gasteiger charge is 2.22. The monoisotopic (exact) mass is 268 g/mol. The molecule has 1 aromatic heterocycles. The zero-order valence-electron chi connectivity index (χ0n) is 10.7. The summed E-state index contributed by atoms with van der Waals surface area (Å²) in [7, 11) is 0. The number of ether oxygens (including phenoxy) is 1. The van der Waals surface area contributed by atoms with Gasteiger partial charge in [-0.05, 0) is 19.1 Å². The fourth-order valence-corrected chi connectivity index (χ4v) is 1.81. The Morgan fingerprint density at radius 1 is 1.47 bits per heavy atom. The molecule has 1 fully saturated rings. The lowest BCUT2D eigenvalue weighted by atomic mass is 10.2. The lowest BCUT2D eigenvalue weighted by Gasteiger charge is -2.31. The van der Waals surface area contributed by atoms with Crippen LogP contribution in [0.1, 0.15) is 6.92 Å². The summed E-state index contributed by atoms with van der Waals surface area (Å²) in [6.45, 7) is 4.60. The van der Waals surface area contributed by atoms with Gasteiger partial charge < -0.3 is 4.74 Å². The number of amides is 1. The molecule has 0 spiro atoms. The molecule has 1 amide bonds. The number of anilines is 1. The SMILES string of the molecule is CC(C(=O)NNc1ccc(F)cn1)N1CCOCC1. The van der Waals surface area contributed by atoms with Crippen LogP contribution in [0.2, 0.25) is 0 Å². The van der Waals surface area contributed by atoms with Crippen molar-refractivity contribution in [2.45, 2.75) is 13.0 Å². The molecule has 0 saturated carbocycles. The molecule has 2 heterocycles. The summed E-state index contributed by atoms with van der Waals surface area (Å²) in [5, 5.41) is 0. The van der Waals surface area contributed by atoms with Gasteiger partial charge in [0.1, 0.15) is 11.6 Å². The largest absolute Gasteiger partial charge is 0.379 e. The van der Waals surface area contributed by atoms with Crippen LogP contribution >= 0.6 is 0 Å². The summed E-state index contributed by atoms with van der Waals surface area (Å²) in [4.78, 5) is 17.8. The van der Waals surface area contributed by atoms with E-state index in [4.69, 9.17) is 4.74 Å². The number of hydrazine groups is 1. The van der Waals surface area contributed by atoms with Gasteiger partial charge in [-0.1, -0.05) is 0 Å². The van der Waals surface area contributed by atoms with Crippen LogP contribution in [0, 0.1) is 5.82 Å². The van der Waals surface area contributed by atoms with E-state index < -0.39 is 5.82 Å². The third kappa shape index (κ3) is 3.87. The van der Waals surface area contributed by atoms with E-state index in [2.05, 4.69) is 15.8 Å². The normalized spacial score (nSPS) is 17.8. The Labute approximate surface area is 110 Å². The van der Waals surface area contributed by atoms with E-state index in [1.807, 2.05) is 11.8 Å². The number of morpholine rings is 1. The number of halogens is 1. The minimum Gasteiger partial charge on any atom is -0.379 e. The lowest BCUT2D eigenvalue weighted by Crippen LogP contribution is -2.50. The van der Waals surface area contributed by atoms with Gasteiger partial charge in [0.15, 0.2) is 0 Å². The van der Waals surface area contributed by atoms with E-state index in [1.54, 1.807) is 0 Å². The molecule has 1 aromatic rings. The first-order valence-electron chi connectivity index (χ1n) is 6.16. The van der Waals surface area contributed by atoms with Crippen molar-refractivity contribution >= 4 is 11.7 Å². The number of carbonyl (C=O) groups excluding carboxylic acids is 1. The van der Waals surface area contributed by atoms with Gasteiger partial charge in [0, 0.05) is 13.1 Å². The summed E-state index contributed by atoms with van der Waals surface area (Å²) < 4.78 is 17.9. The van der Waals surface area contributed by atoms with Gasteiger partial charge in [0.25, 0.3) is 5.91 Å². The molecule has 1 aliphatic heterocycles. The number of hydrogen-bond acceptors (Lipinski definition) is 5. The van der Waals surface area contributed by atoms with Crippen LogP contribution in [0.5, 0.6) is 0 Å². The van der Waals surface area contributed by atoms with Crippen molar-refractivity contribution in [3.05, 3.63) is 24.1 Å². The van der Waals surface area contributed by atoms with Crippen molar-refractivity contribution in [3.8, 4) is 0 Å². The molecule has 1 atom stereocenters. The summed E-state index contributed by atoms with van der Waals surface area (Å²) >= 11 is 0. The van der Waals surface area contributed by atoms with Gasteiger partial charge in [-0.25, -0.2) is 9.37 Å². The number of carbonyl (C=O) groups is 1. The molecule has 1 saturated heterocycles. The zero-order valence-corrected chi connectivity index (χ0v) is 10.7. The Balaban J connectivity index is 1.81. The lowest BCUT2D eigenvalue weighted by molar-refractivity contribution is -0.127. The van der Waals surface area contributed by atoms with E-state index >= 15 is 0 Å². The second kappa shape index (κ2) is 6.44. The highest BCUT2D eigenvalue weighted by Crippen LogP contribution is 2.05. The standard InChI is InChI=1S/C12H17FN4O2/c1-9(17-4-6-19-7-5-17)12(18)16-15-11-3-2-10(13)8-14-11/h2-3,8-9H,4-7H2,1H3,(H,14,15)(H,16,18). The molecule has 0 bridgehead atoms. The Morgan fingerprint density at radius 3 is 2.84 bits per heavy atom. The second-order valence-corrected chi connectivity index (χ2v) is 4.30. The second-order valence-electron chi connectivity index (χ2n) is 4.30. The average Bonchev–Trinajstić information content (AvgIpc) is 2.46.